The number of hydrogen-bond acceptors (Lipinski definition) is 4. The Morgan fingerprint density at radius 2 is 1.90 bits per heavy atom. The molecular formula is C16H27BrN2O2. The summed E-state index contributed by atoms with van der Waals surface area (Å²) in [6.45, 7) is 5.43. The van der Waals surface area contributed by atoms with Crippen molar-refractivity contribution in [1.29, 1.82) is 0 Å². The molecule has 1 aromatic carbocycles. The predicted octanol–water partition coefficient (Wildman–Crippen LogP) is 2.82. The Hall–Kier alpha value is -0.460. The zero-order valence-electron chi connectivity index (χ0n) is 13.2. The molecule has 0 heterocycles. The molecule has 0 bridgehead atoms. The molecule has 0 saturated heterocycles. The molecule has 2 N–H and O–H groups in total. The average molecular weight is 359 g/mol. The Kier molecular flexibility index (Phi) is 9.11. The Morgan fingerprint density at radius 3 is 2.52 bits per heavy atom. The molecular weight excluding hydrogens is 332 g/mol. The third kappa shape index (κ3) is 6.45. The van der Waals surface area contributed by atoms with Crippen LogP contribution >= 0.6 is 15.9 Å². The third-order valence-electron chi connectivity index (χ3n) is 3.65. The van der Waals surface area contributed by atoms with Gasteiger partial charge in [-0.1, -0.05) is 34.1 Å². The van der Waals surface area contributed by atoms with Crippen LogP contribution in [0.3, 0.4) is 0 Å². The number of ether oxygens (including phenoxy) is 2. The lowest BCUT2D eigenvalue weighted by atomic mass is 10.0. The van der Waals surface area contributed by atoms with Gasteiger partial charge in [0.1, 0.15) is 0 Å². The highest BCUT2D eigenvalue weighted by molar-refractivity contribution is 9.10. The first-order valence-electron chi connectivity index (χ1n) is 7.32. The Bertz CT molecular complexity index is 404. The number of nitrogens with zero attached hydrogens (tertiary/aromatic N) is 1. The van der Waals surface area contributed by atoms with Crippen LogP contribution in [0.25, 0.3) is 0 Å². The number of hydrogen-bond donors (Lipinski definition) is 1. The molecule has 21 heavy (non-hydrogen) atoms. The second-order valence-electron chi connectivity index (χ2n) is 5.25. The molecule has 120 valence electrons. The van der Waals surface area contributed by atoms with Crippen LogP contribution in [0.15, 0.2) is 28.7 Å². The van der Waals surface area contributed by atoms with Crippen molar-refractivity contribution >= 4 is 15.9 Å². The summed E-state index contributed by atoms with van der Waals surface area (Å²) < 4.78 is 11.5. The second kappa shape index (κ2) is 10.3. The van der Waals surface area contributed by atoms with E-state index in [1.165, 1.54) is 0 Å². The predicted molar refractivity (Wildman–Crippen MR) is 90.5 cm³/mol. The minimum atomic E-state index is 0.0281. The maximum atomic E-state index is 6.33. The maximum Gasteiger partial charge on any atom is 0.0615 e. The summed E-state index contributed by atoms with van der Waals surface area (Å²) >= 11 is 3.57. The molecule has 0 amide bonds. The molecule has 2 unspecified atom stereocenters. The van der Waals surface area contributed by atoms with Crippen LogP contribution in [0.5, 0.6) is 0 Å². The van der Waals surface area contributed by atoms with Crippen molar-refractivity contribution in [2.75, 3.05) is 40.5 Å². The van der Waals surface area contributed by atoms with Gasteiger partial charge in [-0.2, -0.15) is 0 Å². The highest BCUT2D eigenvalue weighted by atomic mass is 79.9. The normalized spacial score (nSPS) is 14.4. The van der Waals surface area contributed by atoms with Crippen LogP contribution in [-0.2, 0) is 9.47 Å². The standard InChI is InChI=1S/C16H27BrN2O2/c1-13(12-21-3)19(10-11-20-2)9-8-16(18)14-6-4-5-7-15(14)17/h4-7,13,16H,8-12,18H2,1-3H3. The van der Waals surface area contributed by atoms with Gasteiger partial charge in [-0.25, -0.2) is 0 Å². The highest BCUT2D eigenvalue weighted by Gasteiger charge is 2.16. The van der Waals surface area contributed by atoms with E-state index >= 15 is 0 Å². The largest absolute Gasteiger partial charge is 0.383 e. The van der Waals surface area contributed by atoms with Gasteiger partial charge in [0.05, 0.1) is 13.2 Å². The molecule has 1 aromatic rings. The molecule has 0 saturated carbocycles. The quantitative estimate of drug-likeness (QED) is 0.698. The van der Waals surface area contributed by atoms with Gasteiger partial charge in [0.15, 0.2) is 0 Å². The number of rotatable bonds is 10. The van der Waals surface area contributed by atoms with E-state index in [1.807, 2.05) is 18.2 Å². The van der Waals surface area contributed by atoms with Gasteiger partial charge in [0, 0.05) is 43.9 Å². The van der Waals surface area contributed by atoms with E-state index in [0.29, 0.717) is 12.6 Å². The summed E-state index contributed by atoms with van der Waals surface area (Å²) in [5.41, 5.74) is 7.48. The topological polar surface area (TPSA) is 47.7 Å². The van der Waals surface area contributed by atoms with Crippen molar-refractivity contribution < 1.29 is 9.47 Å². The Balaban J connectivity index is 2.56. The van der Waals surface area contributed by atoms with Gasteiger partial charge in [-0.15, -0.1) is 0 Å². The molecule has 5 heteroatoms. The van der Waals surface area contributed by atoms with Crippen molar-refractivity contribution in [3.63, 3.8) is 0 Å². The van der Waals surface area contributed by atoms with Crippen LogP contribution in [0.4, 0.5) is 0 Å². The fourth-order valence-corrected chi connectivity index (χ4v) is 2.92. The van der Waals surface area contributed by atoms with Crippen molar-refractivity contribution in [1.82, 2.24) is 4.90 Å². The first-order chi connectivity index (χ1) is 10.1. The minimum absolute atomic E-state index is 0.0281. The molecule has 0 aliphatic heterocycles. The van der Waals surface area contributed by atoms with E-state index in [0.717, 1.165) is 36.2 Å². The summed E-state index contributed by atoms with van der Waals surface area (Å²) in [7, 11) is 3.46. The molecule has 2 atom stereocenters. The summed E-state index contributed by atoms with van der Waals surface area (Å²) in [5.74, 6) is 0. The van der Waals surface area contributed by atoms with Crippen molar-refractivity contribution in [2.45, 2.75) is 25.4 Å². The second-order valence-corrected chi connectivity index (χ2v) is 6.10. The molecule has 4 nitrogen and oxygen atoms in total. The maximum absolute atomic E-state index is 6.33. The van der Waals surface area contributed by atoms with Gasteiger partial charge in [0.2, 0.25) is 0 Å². The van der Waals surface area contributed by atoms with E-state index in [4.69, 9.17) is 15.2 Å². The Labute approximate surface area is 136 Å². The van der Waals surface area contributed by atoms with E-state index in [-0.39, 0.29) is 6.04 Å². The third-order valence-corrected chi connectivity index (χ3v) is 4.37. The van der Waals surface area contributed by atoms with Crippen LogP contribution < -0.4 is 5.73 Å². The molecule has 0 aliphatic carbocycles. The average Bonchev–Trinajstić information content (AvgIpc) is 2.47. The summed E-state index contributed by atoms with van der Waals surface area (Å²) in [6, 6.07) is 8.53. The van der Waals surface area contributed by atoms with Crippen LogP contribution in [-0.4, -0.2) is 51.5 Å². The number of methoxy groups -OCH3 is 2. The van der Waals surface area contributed by atoms with Gasteiger partial charge in [0.25, 0.3) is 0 Å². The fraction of sp³-hybridized carbons (Fsp3) is 0.625. The van der Waals surface area contributed by atoms with Crippen molar-refractivity contribution in [3.05, 3.63) is 34.3 Å². The molecule has 0 spiro atoms. The van der Waals surface area contributed by atoms with Gasteiger partial charge >= 0.3 is 0 Å². The SMILES string of the molecule is COCCN(CCC(N)c1ccccc1Br)C(C)COC. The molecule has 0 radical (unpaired) electrons. The van der Waals surface area contributed by atoms with E-state index in [9.17, 15) is 0 Å². The molecule has 0 fully saturated rings. The number of nitrogens with two attached hydrogens (primary N) is 1. The zero-order valence-corrected chi connectivity index (χ0v) is 14.8. The lowest BCUT2D eigenvalue weighted by Crippen LogP contribution is -2.40. The number of benzene rings is 1. The zero-order chi connectivity index (χ0) is 15.7. The summed E-state index contributed by atoms with van der Waals surface area (Å²) in [5, 5.41) is 0. The van der Waals surface area contributed by atoms with Crippen molar-refractivity contribution in [3.8, 4) is 0 Å². The summed E-state index contributed by atoms with van der Waals surface area (Å²) in [4.78, 5) is 2.36. The molecule has 0 aromatic heterocycles. The van der Waals surface area contributed by atoms with Crippen LogP contribution in [0.2, 0.25) is 0 Å². The molecule has 0 aliphatic rings. The van der Waals surface area contributed by atoms with E-state index in [2.05, 4.69) is 33.8 Å². The lowest BCUT2D eigenvalue weighted by Gasteiger charge is -2.29. The summed E-state index contributed by atoms with van der Waals surface area (Å²) in [6.07, 6.45) is 0.903. The fourth-order valence-electron chi connectivity index (χ4n) is 2.34. The highest BCUT2D eigenvalue weighted by Crippen LogP contribution is 2.24. The first kappa shape index (κ1) is 18.6. The van der Waals surface area contributed by atoms with E-state index in [1.54, 1.807) is 14.2 Å². The monoisotopic (exact) mass is 358 g/mol. The van der Waals surface area contributed by atoms with Gasteiger partial charge < -0.3 is 15.2 Å². The number of halogens is 1. The van der Waals surface area contributed by atoms with Crippen molar-refractivity contribution in [2.24, 2.45) is 5.73 Å². The minimum Gasteiger partial charge on any atom is -0.383 e. The lowest BCUT2D eigenvalue weighted by molar-refractivity contribution is 0.0732. The smallest absolute Gasteiger partial charge is 0.0615 e. The van der Waals surface area contributed by atoms with Gasteiger partial charge in [-0.3, -0.25) is 4.90 Å². The molecule has 1 rings (SSSR count). The van der Waals surface area contributed by atoms with Gasteiger partial charge in [-0.05, 0) is 25.0 Å². The Morgan fingerprint density at radius 1 is 1.19 bits per heavy atom. The van der Waals surface area contributed by atoms with Crippen LogP contribution in [0.1, 0.15) is 24.9 Å². The first-order valence-corrected chi connectivity index (χ1v) is 8.11. The van der Waals surface area contributed by atoms with Crippen LogP contribution in [0, 0.1) is 0 Å². The van der Waals surface area contributed by atoms with E-state index < -0.39 is 0 Å².